The highest BCUT2D eigenvalue weighted by atomic mass is 16.5. The maximum absolute atomic E-state index is 6.28. The first kappa shape index (κ1) is 29.0. The molecule has 0 bridgehead atoms. The Labute approximate surface area is 241 Å². The molecule has 0 heterocycles. The van der Waals surface area contributed by atoms with E-state index in [2.05, 4.69) is 86.7 Å². The minimum atomic E-state index is 0.310. The SMILES string of the molecule is CC=Cc1ccccc1Oc1ccc(C(c2ccc(Oc3ccccc3C=CC)cc2)C(CC)CCCC)cc1. The second-order valence-corrected chi connectivity index (χ2v) is 10.2. The predicted molar refractivity (Wildman–Crippen MR) is 170 cm³/mol. The summed E-state index contributed by atoms with van der Waals surface area (Å²) < 4.78 is 12.6. The summed E-state index contributed by atoms with van der Waals surface area (Å²) in [7, 11) is 0. The van der Waals surface area contributed by atoms with E-state index in [1.54, 1.807) is 0 Å². The van der Waals surface area contributed by atoms with Crippen LogP contribution in [0.1, 0.15) is 81.5 Å². The van der Waals surface area contributed by atoms with Gasteiger partial charge in [-0.25, -0.2) is 0 Å². The number of unbranched alkanes of at least 4 members (excludes halogenated alkanes) is 1. The first-order valence-corrected chi connectivity index (χ1v) is 14.7. The maximum Gasteiger partial charge on any atom is 0.134 e. The van der Waals surface area contributed by atoms with Crippen molar-refractivity contribution in [3.05, 3.63) is 131 Å². The third-order valence-electron chi connectivity index (χ3n) is 7.39. The predicted octanol–water partition coefficient (Wildman–Crippen LogP) is 11.7. The van der Waals surface area contributed by atoms with Crippen molar-refractivity contribution in [1.29, 1.82) is 0 Å². The molecule has 0 aliphatic carbocycles. The van der Waals surface area contributed by atoms with Crippen LogP contribution in [0.5, 0.6) is 23.0 Å². The Kier molecular flexibility index (Phi) is 10.8. The van der Waals surface area contributed by atoms with E-state index in [1.165, 1.54) is 30.4 Å². The van der Waals surface area contributed by atoms with E-state index in [0.29, 0.717) is 11.8 Å². The topological polar surface area (TPSA) is 18.5 Å². The Hall–Kier alpha value is -4.04. The Balaban J connectivity index is 1.60. The summed E-state index contributed by atoms with van der Waals surface area (Å²) in [4.78, 5) is 0. The quantitative estimate of drug-likeness (QED) is 0.171. The van der Waals surface area contributed by atoms with Gasteiger partial charge in [0, 0.05) is 17.0 Å². The molecule has 0 amide bonds. The van der Waals surface area contributed by atoms with Crippen LogP contribution in [-0.2, 0) is 0 Å². The molecule has 2 nitrogen and oxygen atoms in total. The van der Waals surface area contributed by atoms with Crippen LogP contribution in [0.4, 0.5) is 0 Å². The molecule has 40 heavy (non-hydrogen) atoms. The average Bonchev–Trinajstić information content (AvgIpc) is 2.99. The number of allylic oxidation sites excluding steroid dienone is 2. The normalized spacial score (nSPS) is 13.0. The average molecular weight is 531 g/mol. The molecule has 0 aliphatic rings. The van der Waals surface area contributed by atoms with Crippen LogP contribution in [0.25, 0.3) is 12.2 Å². The fraction of sp³-hybridized carbons (Fsp3) is 0.263. The number of para-hydroxylation sites is 2. The van der Waals surface area contributed by atoms with Gasteiger partial charge in [0.2, 0.25) is 0 Å². The van der Waals surface area contributed by atoms with Crippen molar-refractivity contribution >= 4 is 12.2 Å². The van der Waals surface area contributed by atoms with Crippen LogP contribution in [-0.4, -0.2) is 0 Å². The van der Waals surface area contributed by atoms with E-state index >= 15 is 0 Å². The Morgan fingerprint density at radius 2 is 1.05 bits per heavy atom. The van der Waals surface area contributed by atoms with E-state index in [-0.39, 0.29) is 0 Å². The van der Waals surface area contributed by atoms with Crippen molar-refractivity contribution in [1.82, 2.24) is 0 Å². The van der Waals surface area contributed by atoms with Crippen LogP contribution in [0.3, 0.4) is 0 Å². The van der Waals surface area contributed by atoms with Gasteiger partial charge in [0.05, 0.1) is 0 Å². The molecule has 0 N–H and O–H groups in total. The van der Waals surface area contributed by atoms with Gasteiger partial charge in [-0.1, -0.05) is 118 Å². The van der Waals surface area contributed by atoms with Crippen LogP contribution in [0.15, 0.2) is 109 Å². The fourth-order valence-corrected chi connectivity index (χ4v) is 5.33. The van der Waals surface area contributed by atoms with Crippen LogP contribution in [0.2, 0.25) is 0 Å². The number of hydrogen-bond donors (Lipinski definition) is 0. The number of ether oxygens (including phenoxy) is 2. The van der Waals surface area contributed by atoms with Gasteiger partial charge >= 0.3 is 0 Å². The maximum atomic E-state index is 6.28. The lowest BCUT2D eigenvalue weighted by molar-refractivity contribution is 0.405. The molecule has 0 radical (unpaired) electrons. The van der Waals surface area contributed by atoms with Crippen molar-refractivity contribution in [3.63, 3.8) is 0 Å². The Bertz CT molecular complexity index is 1280. The molecule has 0 aromatic heterocycles. The van der Waals surface area contributed by atoms with Crippen LogP contribution < -0.4 is 9.47 Å². The van der Waals surface area contributed by atoms with Gasteiger partial charge in [0.1, 0.15) is 23.0 Å². The number of benzene rings is 4. The second kappa shape index (κ2) is 14.9. The molecule has 1 atom stereocenters. The Morgan fingerprint density at radius 1 is 0.600 bits per heavy atom. The standard InChI is InChI=1S/C38H42O2/c1-5-9-16-29(8-4)38(32-21-25-34(26-22-32)39-36-19-12-10-17-30(36)14-6-2)33-23-27-35(28-24-33)40-37-20-13-11-18-31(37)15-7-3/h6-7,10-15,17-29,38H,5,8-9,16H2,1-4H3. The summed E-state index contributed by atoms with van der Waals surface area (Å²) in [6, 6.07) is 33.7. The minimum absolute atomic E-state index is 0.310. The molecule has 4 aromatic rings. The van der Waals surface area contributed by atoms with Gasteiger partial charge in [-0.3, -0.25) is 0 Å². The molecule has 0 saturated carbocycles. The lowest BCUT2D eigenvalue weighted by atomic mass is 9.77. The third kappa shape index (κ3) is 7.54. The van der Waals surface area contributed by atoms with Crippen LogP contribution in [0, 0.1) is 5.92 Å². The van der Waals surface area contributed by atoms with E-state index in [4.69, 9.17) is 9.47 Å². The highest BCUT2D eigenvalue weighted by molar-refractivity contribution is 5.58. The molecule has 0 saturated heterocycles. The first-order chi connectivity index (χ1) is 19.7. The van der Waals surface area contributed by atoms with Crippen molar-refractivity contribution in [2.45, 2.75) is 59.3 Å². The summed E-state index contributed by atoms with van der Waals surface area (Å²) in [6.45, 7) is 8.64. The van der Waals surface area contributed by atoms with Crippen molar-refractivity contribution < 1.29 is 9.47 Å². The Morgan fingerprint density at radius 3 is 1.45 bits per heavy atom. The smallest absolute Gasteiger partial charge is 0.134 e. The van der Waals surface area contributed by atoms with E-state index in [0.717, 1.165) is 40.5 Å². The van der Waals surface area contributed by atoms with Crippen LogP contribution >= 0.6 is 0 Å². The van der Waals surface area contributed by atoms with Gasteiger partial charge in [0.25, 0.3) is 0 Å². The van der Waals surface area contributed by atoms with Gasteiger partial charge < -0.3 is 9.47 Å². The highest BCUT2D eigenvalue weighted by Crippen LogP contribution is 2.39. The fourth-order valence-electron chi connectivity index (χ4n) is 5.33. The molecule has 0 fully saturated rings. The second-order valence-electron chi connectivity index (χ2n) is 10.2. The molecule has 0 spiro atoms. The first-order valence-electron chi connectivity index (χ1n) is 14.7. The lowest BCUT2D eigenvalue weighted by Crippen LogP contribution is -2.14. The van der Waals surface area contributed by atoms with Crippen molar-refractivity contribution in [2.24, 2.45) is 5.92 Å². The molecule has 4 aromatic carbocycles. The van der Waals surface area contributed by atoms with Crippen molar-refractivity contribution in [2.75, 3.05) is 0 Å². The molecule has 2 heteroatoms. The molecule has 1 unspecified atom stereocenters. The van der Waals surface area contributed by atoms with Gasteiger partial charge in [-0.15, -0.1) is 0 Å². The summed E-state index contributed by atoms with van der Waals surface area (Å²) in [5.41, 5.74) is 4.80. The number of hydrogen-bond acceptors (Lipinski definition) is 2. The monoisotopic (exact) mass is 530 g/mol. The molecular weight excluding hydrogens is 488 g/mol. The van der Waals surface area contributed by atoms with E-state index in [1.807, 2.05) is 62.4 Å². The summed E-state index contributed by atoms with van der Waals surface area (Å²) in [5, 5.41) is 0. The van der Waals surface area contributed by atoms with Crippen molar-refractivity contribution in [3.8, 4) is 23.0 Å². The molecule has 4 rings (SSSR count). The minimum Gasteiger partial charge on any atom is -0.457 e. The third-order valence-corrected chi connectivity index (χ3v) is 7.39. The summed E-state index contributed by atoms with van der Waals surface area (Å²) in [6.07, 6.45) is 13.0. The lowest BCUT2D eigenvalue weighted by Gasteiger charge is -2.28. The van der Waals surface area contributed by atoms with Gasteiger partial charge in [0.15, 0.2) is 0 Å². The zero-order valence-electron chi connectivity index (χ0n) is 24.3. The van der Waals surface area contributed by atoms with E-state index < -0.39 is 0 Å². The highest BCUT2D eigenvalue weighted by Gasteiger charge is 2.24. The summed E-state index contributed by atoms with van der Waals surface area (Å²) >= 11 is 0. The molecular formula is C38H42O2. The zero-order valence-corrected chi connectivity index (χ0v) is 24.3. The van der Waals surface area contributed by atoms with Gasteiger partial charge in [-0.2, -0.15) is 0 Å². The zero-order chi connectivity index (χ0) is 28.2. The summed E-state index contributed by atoms with van der Waals surface area (Å²) in [5.74, 6) is 4.31. The molecule has 206 valence electrons. The molecule has 0 aliphatic heterocycles. The number of rotatable bonds is 13. The van der Waals surface area contributed by atoms with Gasteiger partial charge in [-0.05, 0) is 73.7 Å². The largest absolute Gasteiger partial charge is 0.457 e. The van der Waals surface area contributed by atoms with E-state index in [9.17, 15) is 0 Å².